The maximum absolute atomic E-state index is 13.0. The molecule has 24 heavy (non-hydrogen) atoms. The Bertz CT molecular complexity index is 847. The van der Waals surface area contributed by atoms with Gasteiger partial charge in [0.1, 0.15) is 6.54 Å². The van der Waals surface area contributed by atoms with Crippen LogP contribution in [0, 0.1) is 13.8 Å². The van der Waals surface area contributed by atoms with Gasteiger partial charge >= 0.3 is 5.97 Å². The zero-order valence-corrected chi connectivity index (χ0v) is 15.2. The number of carbonyl (C=O) groups excluding carboxylic acids is 1. The molecule has 0 aliphatic heterocycles. The third-order valence-corrected chi connectivity index (χ3v) is 5.56. The van der Waals surface area contributed by atoms with Crippen molar-refractivity contribution in [3.8, 4) is 0 Å². The lowest BCUT2D eigenvalue weighted by Crippen LogP contribution is -2.36. The van der Waals surface area contributed by atoms with Crippen LogP contribution in [0.25, 0.3) is 0 Å². The maximum Gasteiger partial charge on any atom is 0.326 e. The van der Waals surface area contributed by atoms with Gasteiger partial charge in [0, 0.05) is 5.02 Å². The first-order valence-corrected chi connectivity index (χ1v) is 9.00. The number of aryl methyl sites for hydroxylation is 2. The lowest BCUT2D eigenvalue weighted by molar-refractivity contribution is -0.138. The van der Waals surface area contributed by atoms with Crippen LogP contribution in [0.5, 0.6) is 0 Å². The summed E-state index contributed by atoms with van der Waals surface area (Å²) in [5.41, 5.74) is 1.96. The fourth-order valence-corrected chi connectivity index (χ4v) is 3.80. The zero-order valence-electron chi connectivity index (χ0n) is 13.6. The number of methoxy groups -OCH3 is 1. The Kier molecular flexibility index (Phi) is 5.51. The molecule has 2 rings (SSSR count). The van der Waals surface area contributed by atoms with E-state index in [9.17, 15) is 13.2 Å². The third kappa shape index (κ3) is 3.88. The molecule has 0 bridgehead atoms. The van der Waals surface area contributed by atoms with Crippen LogP contribution in [0.15, 0.2) is 47.4 Å². The van der Waals surface area contributed by atoms with E-state index < -0.39 is 22.5 Å². The third-order valence-electron chi connectivity index (χ3n) is 3.55. The number of esters is 1. The van der Waals surface area contributed by atoms with Crippen molar-refractivity contribution >= 4 is 33.3 Å². The number of benzene rings is 2. The van der Waals surface area contributed by atoms with Gasteiger partial charge in [-0.15, -0.1) is 0 Å². The Balaban J connectivity index is 2.59. The number of anilines is 1. The molecule has 2 aromatic rings. The first-order chi connectivity index (χ1) is 11.3. The summed E-state index contributed by atoms with van der Waals surface area (Å²) in [6, 6.07) is 11.3. The minimum absolute atomic E-state index is 0.0939. The SMILES string of the molecule is COC(=O)CN(c1cc(Cl)ccc1C)S(=O)(=O)c1ccc(C)cc1. The molecule has 0 amide bonds. The lowest BCUT2D eigenvalue weighted by atomic mass is 10.2. The zero-order chi connectivity index (χ0) is 17.9. The molecule has 2 aromatic carbocycles. The van der Waals surface area contributed by atoms with E-state index in [0.29, 0.717) is 16.3 Å². The van der Waals surface area contributed by atoms with Crippen molar-refractivity contribution in [3.05, 3.63) is 58.6 Å². The van der Waals surface area contributed by atoms with Gasteiger partial charge in [0.05, 0.1) is 17.7 Å². The van der Waals surface area contributed by atoms with Gasteiger partial charge in [-0.3, -0.25) is 9.10 Å². The summed E-state index contributed by atoms with van der Waals surface area (Å²) < 4.78 is 31.7. The fourth-order valence-electron chi connectivity index (χ4n) is 2.17. The summed E-state index contributed by atoms with van der Waals surface area (Å²) >= 11 is 6.01. The Hall–Kier alpha value is -2.05. The number of ether oxygens (including phenoxy) is 1. The molecule has 7 heteroatoms. The number of carbonyl (C=O) groups is 1. The van der Waals surface area contributed by atoms with Crippen LogP contribution in [-0.4, -0.2) is 28.0 Å². The molecule has 5 nitrogen and oxygen atoms in total. The average molecular weight is 368 g/mol. The highest BCUT2D eigenvalue weighted by Gasteiger charge is 2.28. The predicted molar refractivity (Wildman–Crippen MR) is 93.9 cm³/mol. The minimum Gasteiger partial charge on any atom is -0.468 e. The molecule has 0 atom stereocenters. The van der Waals surface area contributed by atoms with Crippen LogP contribution in [-0.2, 0) is 19.6 Å². The quantitative estimate of drug-likeness (QED) is 0.760. The standard InChI is InChI=1S/C17H18ClNO4S/c1-12-4-8-15(9-5-12)24(21,22)19(11-17(20)23-3)16-10-14(18)7-6-13(16)2/h4-10H,11H2,1-3H3. The van der Waals surface area contributed by atoms with E-state index in [1.807, 2.05) is 6.92 Å². The van der Waals surface area contributed by atoms with Crippen LogP contribution >= 0.6 is 11.6 Å². The van der Waals surface area contributed by atoms with Crippen LogP contribution in [0.2, 0.25) is 5.02 Å². The Morgan fingerprint density at radius 2 is 1.75 bits per heavy atom. The molecule has 0 aliphatic carbocycles. The smallest absolute Gasteiger partial charge is 0.326 e. The minimum atomic E-state index is -3.94. The topological polar surface area (TPSA) is 63.7 Å². The summed E-state index contributed by atoms with van der Waals surface area (Å²) in [6.07, 6.45) is 0. The second kappa shape index (κ2) is 7.23. The molecule has 0 fully saturated rings. The molecular weight excluding hydrogens is 350 g/mol. The first kappa shape index (κ1) is 18.3. The second-order valence-corrected chi connectivity index (χ2v) is 7.63. The average Bonchev–Trinajstić information content (AvgIpc) is 2.55. The molecule has 0 N–H and O–H groups in total. The largest absolute Gasteiger partial charge is 0.468 e. The highest BCUT2D eigenvalue weighted by atomic mass is 35.5. The number of halogens is 1. The van der Waals surface area contributed by atoms with Gasteiger partial charge in [0.25, 0.3) is 10.0 Å². The maximum atomic E-state index is 13.0. The molecule has 0 saturated carbocycles. The normalized spacial score (nSPS) is 11.2. The van der Waals surface area contributed by atoms with E-state index in [-0.39, 0.29) is 4.90 Å². The van der Waals surface area contributed by atoms with Crippen molar-refractivity contribution in [1.29, 1.82) is 0 Å². The molecule has 128 valence electrons. The van der Waals surface area contributed by atoms with Gasteiger partial charge in [-0.05, 0) is 43.7 Å². The van der Waals surface area contributed by atoms with Gasteiger partial charge in [-0.2, -0.15) is 0 Å². The van der Waals surface area contributed by atoms with Crippen LogP contribution in [0.4, 0.5) is 5.69 Å². The monoisotopic (exact) mass is 367 g/mol. The molecule has 0 spiro atoms. The molecular formula is C17H18ClNO4S. The summed E-state index contributed by atoms with van der Waals surface area (Å²) in [7, 11) is -2.73. The predicted octanol–water partition coefficient (Wildman–Crippen LogP) is 3.33. The van der Waals surface area contributed by atoms with Crippen molar-refractivity contribution in [2.45, 2.75) is 18.7 Å². The number of hydrogen-bond acceptors (Lipinski definition) is 4. The van der Waals surface area contributed by atoms with E-state index in [4.69, 9.17) is 11.6 Å². The molecule has 0 saturated heterocycles. The molecule has 0 heterocycles. The van der Waals surface area contributed by atoms with Crippen molar-refractivity contribution < 1.29 is 17.9 Å². The number of nitrogens with zero attached hydrogens (tertiary/aromatic N) is 1. The van der Waals surface area contributed by atoms with E-state index in [0.717, 1.165) is 9.87 Å². The van der Waals surface area contributed by atoms with Gasteiger partial charge in [-0.1, -0.05) is 35.4 Å². The van der Waals surface area contributed by atoms with Crippen LogP contribution < -0.4 is 4.31 Å². The van der Waals surface area contributed by atoms with E-state index in [1.165, 1.54) is 25.3 Å². The van der Waals surface area contributed by atoms with Crippen LogP contribution in [0.1, 0.15) is 11.1 Å². The summed E-state index contributed by atoms with van der Waals surface area (Å²) in [6.45, 7) is 3.18. The van der Waals surface area contributed by atoms with E-state index >= 15 is 0 Å². The van der Waals surface area contributed by atoms with Crippen molar-refractivity contribution in [3.63, 3.8) is 0 Å². The highest BCUT2D eigenvalue weighted by Crippen LogP contribution is 2.29. The molecule has 0 aliphatic rings. The van der Waals surface area contributed by atoms with Crippen molar-refractivity contribution in [2.24, 2.45) is 0 Å². The Labute approximate surface area is 146 Å². The van der Waals surface area contributed by atoms with Gasteiger partial charge < -0.3 is 4.74 Å². The number of hydrogen-bond donors (Lipinski definition) is 0. The number of sulfonamides is 1. The molecule has 0 unspecified atom stereocenters. The van der Waals surface area contributed by atoms with Crippen molar-refractivity contribution in [1.82, 2.24) is 0 Å². The fraction of sp³-hybridized carbons (Fsp3) is 0.235. The first-order valence-electron chi connectivity index (χ1n) is 7.18. The van der Waals surface area contributed by atoms with E-state index in [1.54, 1.807) is 31.2 Å². The Morgan fingerprint density at radius 3 is 2.33 bits per heavy atom. The van der Waals surface area contributed by atoms with Gasteiger partial charge in [0.2, 0.25) is 0 Å². The summed E-state index contributed by atoms with van der Waals surface area (Å²) in [5.74, 6) is -0.662. The van der Waals surface area contributed by atoms with Crippen LogP contribution in [0.3, 0.4) is 0 Å². The second-order valence-electron chi connectivity index (χ2n) is 5.33. The van der Waals surface area contributed by atoms with E-state index in [2.05, 4.69) is 4.74 Å². The molecule has 0 aromatic heterocycles. The van der Waals surface area contributed by atoms with Gasteiger partial charge in [-0.25, -0.2) is 8.42 Å². The highest BCUT2D eigenvalue weighted by molar-refractivity contribution is 7.92. The molecule has 0 radical (unpaired) electrons. The Morgan fingerprint density at radius 1 is 1.12 bits per heavy atom. The van der Waals surface area contributed by atoms with Gasteiger partial charge in [0.15, 0.2) is 0 Å². The summed E-state index contributed by atoms with van der Waals surface area (Å²) in [4.78, 5) is 11.9. The lowest BCUT2D eigenvalue weighted by Gasteiger charge is -2.25. The number of rotatable bonds is 5. The van der Waals surface area contributed by atoms with Crippen molar-refractivity contribution in [2.75, 3.05) is 18.0 Å². The summed E-state index contributed by atoms with van der Waals surface area (Å²) in [5, 5.41) is 0.379.